The van der Waals surface area contributed by atoms with E-state index in [1.807, 2.05) is 13.8 Å². The summed E-state index contributed by atoms with van der Waals surface area (Å²) in [6.07, 6.45) is 1.68. The van der Waals surface area contributed by atoms with Crippen molar-refractivity contribution in [2.45, 2.75) is 33.6 Å². The second kappa shape index (κ2) is 6.18. The predicted octanol–water partition coefficient (Wildman–Crippen LogP) is 0.346. The van der Waals surface area contributed by atoms with Crippen LogP contribution in [-0.2, 0) is 9.59 Å². The molecule has 0 atom stereocenters. The van der Waals surface area contributed by atoms with Crippen LogP contribution in [0.3, 0.4) is 0 Å². The van der Waals surface area contributed by atoms with Crippen molar-refractivity contribution in [3.63, 3.8) is 0 Å². The van der Waals surface area contributed by atoms with Gasteiger partial charge < -0.3 is 16.0 Å². The van der Waals surface area contributed by atoms with E-state index < -0.39 is 5.41 Å². The van der Waals surface area contributed by atoms with Crippen molar-refractivity contribution in [3.8, 4) is 0 Å². The highest BCUT2D eigenvalue weighted by Gasteiger charge is 2.48. The topological polar surface area (TPSA) is 75.4 Å². The quantitative estimate of drug-likeness (QED) is 0.719. The van der Waals surface area contributed by atoms with Gasteiger partial charge in [0, 0.05) is 19.6 Å². The minimum Gasteiger partial charge on any atom is -0.355 e. The molecule has 1 saturated carbocycles. The molecule has 0 saturated heterocycles. The summed E-state index contributed by atoms with van der Waals surface area (Å²) in [5, 5.41) is 2.72. The zero-order valence-corrected chi connectivity index (χ0v) is 11.7. The summed E-state index contributed by atoms with van der Waals surface area (Å²) in [6, 6.07) is 0. The summed E-state index contributed by atoms with van der Waals surface area (Å²) >= 11 is 0. The van der Waals surface area contributed by atoms with Gasteiger partial charge in [0.05, 0.1) is 12.0 Å². The van der Waals surface area contributed by atoms with E-state index in [0.717, 1.165) is 12.8 Å². The number of rotatable bonds is 6. The number of hydrogen-bond donors (Lipinski definition) is 2. The van der Waals surface area contributed by atoms with Crippen LogP contribution in [0.2, 0.25) is 0 Å². The van der Waals surface area contributed by atoms with Crippen molar-refractivity contribution in [3.05, 3.63) is 0 Å². The second-order valence-electron chi connectivity index (χ2n) is 5.27. The number of amides is 2. The van der Waals surface area contributed by atoms with Gasteiger partial charge >= 0.3 is 0 Å². The van der Waals surface area contributed by atoms with Gasteiger partial charge in [-0.15, -0.1) is 0 Å². The van der Waals surface area contributed by atoms with E-state index in [9.17, 15) is 9.59 Å². The first-order valence-corrected chi connectivity index (χ1v) is 6.75. The maximum absolute atomic E-state index is 12.5. The Morgan fingerprint density at radius 1 is 1.39 bits per heavy atom. The van der Waals surface area contributed by atoms with Crippen LogP contribution in [0.1, 0.15) is 33.6 Å². The molecule has 0 aliphatic heterocycles. The van der Waals surface area contributed by atoms with Crippen molar-refractivity contribution >= 4 is 11.8 Å². The lowest BCUT2D eigenvalue weighted by molar-refractivity contribution is -0.151. The molecule has 1 rings (SSSR count). The fraction of sp³-hybridized carbons (Fsp3) is 0.846. The van der Waals surface area contributed by atoms with Gasteiger partial charge in [-0.1, -0.05) is 6.92 Å². The normalized spacial score (nSPS) is 26.3. The first-order valence-electron chi connectivity index (χ1n) is 6.75. The number of likely N-dealkylation sites (N-methyl/N-ethyl adjacent to an activating group) is 2. The summed E-state index contributed by atoms with van der Waals surface area (Å²) < 4.78 is 0. The monoisotopic (exact) mass is 255 g/mol. The Balaban J connectivity index is 2.64. The number of nitrogens with two attached hydrogens (primary N) is 1. The number of hydrogen-bond acceptors (Lipinski definition) is 3. The lowest BCUT2D eigenvalue weighted by atomic mass is 9.62. The molecule has 0 radical (unpaired) electrons. The van der Waals surface area contributed by atoms with Crippen LogP contribution in [0.4, 0.5) is 0 Å². The van der Waals surface area contributed by atoms with Crippen LogP contribution in [0.5, 0.6) is 0 Å². The highest BCUT2D eigenvalue weighted by atomic mass is 16.2. The molecule has 0 aromatic rings. The van der Waals surface area contributed by atoms with Gasteiger partial charge in [-0.3, -0.25) is 9.59 Å². The molecule has 104 valence electrons. The average Bonchev–Trinajstić information content (AvgIpc) is 2.31. The molecule has 1 aliphatic carbocycles. The zero-order valence-electron chi connectivity index (χ0n) is 11.7. The van der Waals surface area contributed by atoms with Crippen LogP contribution in [0, 0.1) is 11.3 Å². The summed E-state index contributed by atoms with van der Waals surface area (Å²) in [6.45, 7) is 7.53. The summed E-state index contributed by atoms with van der Waals surface area (Å²) in [7, 11) is 0. The molecule has 3 N–H and O–H groups in total. The first-order chi connectivity index (χ1) is 8.49. The predicted molar refractivity (Wildman–Crippen MR) is 70.8 cm³/mol. The molecule has 0 aromatic heterocycles. The molecule has 5 heteroatoms. The molecular formula is C13H25N3O2. The minimum atomic E-state index is -0.415. The van der Waals surface area contributed by atoms with E-state index in [1.165, 1.54) is 0 Å². The van der Waals surface area contributed by atoms with Crippen molar-refractivity contribution in [2.75, 3.05) is 26.2 Å². The fourth-order valence-electron chi connectivity index (χ4n) is 2.79. The molecule has 0 heterocycles. The lowest BCUT2D eigenvalue weighted by Crippen LogP contribution is -2.56. The van der Waals surface area contributed by atoms with Gasteiger partial charge in [0.1, 0.15) is 0 Å². The standard InChI is InChI=1S/C13H25N3O2/c1-4-15-11(17)8-16(5-2)12(18)13(9-14)6-10(3)7-13/h10H,4-9,14H2,1-3H3,(H,15,17). The summed E-state index contributed by atoms with van der Waals surface area (Å²) in [5.74, 6) is 0.491. The second-order valence-corrected chi connectivity index (χ2v) is 5.27. The molecular weight excluding hydrogens is 230 g/mol. The first kappa shape index (κ1) is 15.0. The van der Waals surface area contributed by atoms with Crippen LogP contribution >= 0.6 is 0 Å². The third kappa shape index (κ3) is 3.02. The van der Waals surface area contributed by atoms with Crippen molar-refractivity contribution in [1.29, 1.82) is 0 Å². The molecule has 0 aromatic carbocycles. The van der Waals surface area contributed by atoms with Gasteiger partial charge in [-0.05, 0) is 32.6 Å². The zero-order chi connectivity index (χ0) is 13.8. The van der Waals surface area contributed by atoms with Crippen LogP contribution in [-0.4, -0.2) is 42.9 Å². The lowest BCUT2D eigenvalue weighted by Gasteiger charge is -2.46. The molecule has 0 unspecified atom stereocenters. The Bertz CT molecular complexity index is 311. The maximum atomic E-state index is 12.5. The van der Waals surface area contributed by atoms with Crippen molar-refractivity contribution < 1.29 is 9.59 Å². The van der Waals surface area contributed by atoms with E-state index in [-0.39, 0.29) is 18.4 Å². The highest BCUT2D eigenvalue weighted by molar-refractivity contribution is 5.88. The van der Waals surface area contributed by atoms with E-state index in [2.05, 4.69) is 12.2 Å². The number of carbonyl (C=O) groups is 2. The molecule has 0 bridgehead atoms. The van der Waals surface area contributed by atoms with E-state index in [0.29, 0.717) is 25.6 Å². The Morgan fingerprint density at radius 2 is 2.00 bits per heavy atom. The largest absolute Gasteiger partial charge is 0.355 e. The molecule has 1 aliphatic rings. The summed E-state index contributed by atoms with van der Waals surface area (Å²) in [5.41, 5.74) is 5.35. The Kier molecular flexibility index (Phi) is 5.14. The Morgan fingerprint density at radius 3 is 2.39 bits per heavy atom. The maximum Gasteiger partial charge on any atom is 0.239 e. The highest BCUT2D eigenvalue weighted by Crippen LogP contribution is 2.45. The van der Waals surface area contributed by atoms with Gasteiger partial charge in [-0.25, -0.2) is 0 Å². The molecule has 0 spiro atoms. The van der Waals surface area contributed by atoms with Gasteiger partial charge in [-0.2, -0.15) is 0 Å². The van der Waals surface area contributed by atoms with E-state index >= 15 is 0 Å². The van der Waals surface area contributed by atoms with E-state index in [1.54, 1.807) is 4.90 Å². The molecule has 5 nitrogen and oxygen atoms in total. The number of carbonyl (C=O) groups excluding carboxylic acids is 2. The smallest absolute Gasteiger partial charge is 0.239 e. The fourth-order valence-corrected chi connectivity index (χ4v) is 2.79. The molecule has 18 heavy (non-hydrogen) atoms. The number of nitrogens with one attached hydrogen (secondary N) is 1. The minimum absolute atomic E-state index is 0.0388. The van der Waals surface area contributed by atoms with Crippen molar-refractivity contribution in [2.24, 2.45) is 17.1 Å². The van der Waals surface area contributed by atoms with Gasteiger partial charge in [0.2, 0.25) is 11.8 Å². The van der Waals surface area contributed by atoms with Crippen molar-refractivity contribution in [1.82, 2.24) is 10.2 Å². The van der Waals surface area contributed by atoms with Gasteiger partial charge in [0.15, 0.2) is 0 Å². The van der Waals surface area contributed by atoms with E-state index in [4.69, 9.17) is 5.73 Å². The van der Waals surface area contributed by atoms with Crippen LogP contribution in [0.15, 0.2) is 0 Å². The van der Waals surface area contributed by atoms with Gasteiger partial charge in [0.25, 0.3) is 0 Å². The number of nitrogens with zero attached hydrogens (tertiary/aromatic N) is 1. The van der Waals surface area contributed by atoms with Crippen LogP contribution < -0.4 is 11.1 Å². The Hall–Kier alpha value is -1.10. The van der Waals surface area contributed by atoms with Crippen LogP contribution in [0.25, 0.3) is 0 Å². The molecule has 2 amide bonds. The summed E-state index contributed by atoms with van der Waals surface area (Å²) in [4.78, 5) is 25.6. The SMILES string of the molecule is CCNC(=O)CN(CC)C(=O)C1(CN)CC(C)C1. The Labute approximate surface area is 109 Å². The third-order valence-electron chi connectivity index (χ3n) is 3.70. The molecule has 1 fully saturated rings. The average molecular weight is 255 g/mol. The third-order valence-corrected chi connectivity index (χ3v) is 3.70.